The quantitative estimate of drug-likeness (QED) is 0.226. The first-order valence-corrected chi connectivity index (χ1v) is 11.3. The normalized spacial score (nSPS) is 10.6. The molecular weight excluding hydrogens is 464 g/mol. The molecule has 0 unspecified atom stereocenters. The van der Waals surface area contributed by atoms with Crippen molar-refractivity contribution in [2.24, 2.45) is 5.10 Å². The third-order valence-corrected chi connectivity index (χ3v) is 5.09. The molecule has 36 heavy (non-hydrogen) atoms. The van der Waals surface area contributed by atoms with Gasteiger partial charge in [-0.25, -0.2) is 5.43 Å². The van der Waals surface area contributed by atoms with Crippen LogP contribution in [0, 0.1) is 13.8 Å². The van der Waals surface area contributed by atoms with Crippen LogP contribution < -0.4 is 25.5 Å². The zero-order valence-electron chi connectivity index (χ0n) is 20.3. The van der Waals surface area contributed by atoms with Gasteiger partial charge < -0.3 is 24.5 Å². The number of carbonyl (C=O) groups is 3. The number of amides is 3. The maximum absolute atomic E-state index is 12.4. The Morgan fingerprint density at radius 3 is 2.58 bits per heavy atom. The molecule has 10 nitrogen and oxygen atoms in total. The Morgan fingerprint density at radius 2 is 1.83 bits per heavy atom. The first-order valence-electron chi connectivity index (χ1n) is 11.3. The number of anilines is 1. The molecule has 3 rings (SSSR count). The van der Waals surface area contributed by atoms with Gasteiger partial charge in [-0.05, 0) is 73.9 Å². The molecule has 0 aliphatic heterocycles. The number of nitrogens with one attached hydrogen (secondary N) is 3. The van der Waals surface area contributed by atoms with E-state index in [4.69, 9.17) is 13.9 Å². The summed E-state index contributed by atoms with van der Waals surface area (Å²) in [5.74, 6) is -0.757. The molecule has 0 saturated carbocycles. The fourth-order valence-electron chi connectivity index (χ4n) is 3.09. The molecule has 0 saturated heterocycles. The molecule has 3 N–H and O–H groups in total. The van der Waals surface area contributed by atoms with Crippen molar-refractivity contribution in [3.05, 3.63) is 77.2 Å². The van der Waals surface area contributed by atoms with Gasteiger partial charge in [0.2, 0.25) is 0 Å². The Balaban J connectivity index is 1.54. The number of rotatable bonds is 10. The van der Waals surface area contributed by atoms with Gasteiger partial charge in [0.15, 0.2) is 18.1 Å². The predicted molar refractivity (Wildman–Crippen MR) is 134 cm³/mol. The Bertz CT molecular complexity index is 1240. The van der Waals surface area contributed by atoms with E-state index in [1.807, 2.05) is 39.0 Å². The molecule has 1 heterocycles. The predicted octanol–water partition coefficient (Wildman–Crippen LogP) is 3.08. The number of aryl methyl sites for hydroxylation is 1. The maximum atomic E-state index is 12.4. The van der Waals surface area contributed by atoms with Gasteiger partial charge in [-0.3, -0.25) is 14.4 Å². The van der Waals surface area contributed by atoms with Gasteiger partial charge in [0.25, 0.3) is 5.91 Å². The number of hydrogen-bond donors (Lipinski definition) is 3. The minimum atomic E-state index is -0.919. The maximum Gasteiger partial charge on any atom is 0.329 e. The summed E-state index contributed by atoms with van der Waals surface area (Å²) in [5.41, 5.74) is 5.55. The van der Waals surface area contributed by atoms with Crippen LogP contribution in [0.3, 0.4) is 0 Å². The molecule has 0 radical (unpaired) electrons. The van der Waals surface area contributed by atoms with Gasteiger partial charge in [0.1, 0.15) is 5.76 Å². The molecule has 3 amide bonds. The fourth-order valence-corrected chi connectivity index (χ4v) is 3.09. The summed E-state index contributed by atoms with van der Waals surface area (Å²) >= 11 is 0. The molecule has 1 aromatic heterocycles. The highest BCUT2D eigenvalue weighted by Gasteiger charge is 2.13. The molecular formula is C26H28N4O6. The van der Waals surface area contributed by atoms with Crippen LogP contribution in [-0.2, 0) is 20.9 Å². The van der Waals surface area contributed by atoms with Gasteiger partial charge in [-0.1, -0.05) is 12.1 Å². The van der Waals surface area contributed by atoms with Crippen LogP contribution in [0.4, 0.5) is 5.69 Å². The largest absolute Gasteiger partial charge is 0.490 e. The van der Waals surface area contributed by atoms with E-state index in [0.29, 0.717) is 29.4 Å². The monoisotopic (exact) mass is 492 g/mol. The van der Waals surface area contributed by atoms with E-state index < -0.39 is 11.8 Å². The minimum absolute atomic E-state index is 0.0881. The molecule has 0 bridgehead atoms. The SMILES string of the molecule is CCOc1cc(/C=N\NC(=O)C(=O)NCc2ccco2)ccc1OCC(=O)Nc1cccc(C)c1C. The van der Waals surface area contributed by atoms with Gasteiger partial charge >= 0.3 is 11.8 Å². The number of benzene rings is 2. The van der Waals surface area contributed by atoms with Crippen molar-refractivity contribution in [1.82, 2.24) is 10.7 Å². The number of furan rings is 1. The molecule has 2 aromatic carbocycles. The van der Waals surface area contributed by atoms with Crippen molar-refractivity contribution in [1.29, 1.82) is 0 Å². The lowest BCUT2D eigenvalue weighted by Gasteiger charge is -2.14. The Kier molecular flexibility index (Phi) is 9.21. The lowest BCUT2D eigenvalue weighted by Crippen LogP contribution is -2.37. The van der Waals surface area contributed by atoms with Gasteiger partial charge in [-0.2, -0.15) is 5.10 Å². The number of nitrogens with zero attached hydrogens (tertiary/aromatic N) is 1. The Labute approximate surface area is 208 Å². The van der Waals surface area contributed by atoms with Crippen LogP contribution in [0.25, 0.3) is 0 Å². The summed E-state index contributed by atoms with van der Waals surface area (Å²) in [4.78, 5) is 36.1. The summed E-state index contributed by atoms with van der Waals surface area (Å²) in [6, 6.07) is 14.0. The van der Waals surface area contributed by atoms with Crippen LogP contribution in [0.15, 0.2) is 64.3 Å². The van der Waals surface area contributed by atoms with Crippen LogP contribution in [0.5, 0.6) is 11.5 Å². The molecule has 0 aliphatic rings. The van der Waals surface area contributed by atoms with Crippen LogP contribution in [0.1, 0.15) is 29.4 Å². The first-order chi connectivity index (χ1) is 17.4. The molecule has 0 spiro atoms. The van der Waals surface area contributed by atoms with Crippen LogP contribution >= 0.6 is 0 Å². The highest BCUT2D eigenvalue weighted by atomic mass is 16.5. The van der Waals surface area contributed by atoms with Gasteiger partial charge in [0, 0.05) is 5.69 Å². The zero-order chi connectivity index (χ0) is 25.9. The van der Waals surface area contributed by atoms with E-state index in [9.17, 15) is 14.4 Å². The molecule has 0 aliphatic carbocycles. The van der Waals surface area contributed by atoms with Crippen LogP contribution in [0.2, 0.25) is 0 Å². The van der Waals surface area contributed by atoms with Gasteiger partial charge in [-0.15, -0.1) is 0 Å². The Morgan fingerprint density at radius 1 is 1.00 bits per heavy atom. The average Bonchev–Trinajstić information content (AvgIpc) is 3.39. The summed E-state index contributed by atoms with van der Waals surface area (Å²) in [7, 11) is 0. The van der Waals surface area contributed by atoms with E-state index in [1.165, 1.54) is 12.5 Å². The second kappa shape index (κ2) is 12.7. The summed E-state index contributed by atoms with van der Waals surface area (Å²) in [5, 5.41) is 9.07. The standard InChI is InChI=1S/C26H28N4O6/c1-4-34-23-13-19(14-28-30-26(33)25(32)27-15-20-8-6-12-35-20)10-11-22(23)36-16-24(31)29-21-9-5-7-17(2)18(21)3/h5-14H,4,15-16H2,1-3H3,(H,27,32)(H,29,31)(H,30,33)/b28-14-. The highest BCUT2D eigenvalue weighted by molar-refractivity contribution is 6.35. The molecule has 188 valence electrons. The molecule has 10 heteroatoms. The second-order valence-electron chi connectivity index (χ2n) is 7.68. The fraction of sp³-hybridized carbons (Fsp3) is 0.231. The summed E-state index contributed by atoms with van der Waals surface area (Å²) < 4.78 is 16.4. The third kappa shape index (κ3) is 7.45. The van der Waals surface area contributed by atoms with E-state index >= 15 is 0 Å². The lowest BCUT2D eigenvalue weighted by molar-refractivity contribution is -0.139. The van der Waals surface area contributed by atoms with E-state index in [0.717, 1.165) is 16.8 Å². The second-order valence-corrected chi connectivity index (χ2v) is 7.68. The summed E-state index contributed by atoms with van der Waals surface area (Å²) in [6.07, 6.45) is 2.83. The number of hydrogen-bond acceptors (Lipinski definition) is 7. The molecule has 3 aromatic rings. The molecule has 0 atom stereocenters. The van der Waals surface area contributed by atoms with Crippen molar-refractivity contribution in [2.45, 2.75) is 27.3 Å². The van der Waals surface area contributed by atoms with Crippen molar-refractivity contribution in [3.8, 4) is 11.5 Å². The number of carbonyl (C=O) groups excluding carboxylic acids is 3. The minimum Gasteiger partial charge on any atom is -0.490 e. The average molecular weight is 493 g/mol. The third-order valence-electron chi connectivity index (χ3n) is 5.09. The van der Waals surface area contributed by atoms with Crippen molar-refractivity contribution in [2.75, 3.05) is 18.5 Å². The Hall–Kier alpha value is -4.60. The van der Waals surface area contributed by atoms with Crippen molar-refractivity contribution >= 4 is 29.6 Å². The zero-order valence-corrected chi connectivity index (χ0v) is 20.3. The molecule has 0 fully saturated rings. The number of hydrazone groups is 1. The van der Waals surface area contributed by atoms with E-state index in [1.54, 1.807) is 30.3 Å². The van der Waals surface area contributed by atoms with Crippen molar-refractivity contribution in [3.63, 3.8) is 0 Å². The first kappa shape index (κ1) is 26.0. The van der Waals surface area contributed by atoms with E-state index in [2.05, 4.69) is 21.2 Å². The smallest absolute Gasteiger partial charge is 0.329 e. The number of ether oxygens (including phenoxy) is 2. The van der Waals surface area contributed by atoms with Crippen molar-refractivity contribution < 1.29 is 28.3 Å². The lowest BCUT2D eigenvalue weighted by atomic mass is 10.1. The topological polar surface area (TPSA) is 131 Å². The van der Waals surface area contributed by atoms with E-state index in [-0.39, 0.29) is 19.1 Å². The van der Waals surface area contributed by atoms with Crippen LogP contribution in [-0.4, -0.2) is 37.1 Å². The van der Waals surface area contributed by atoms with Gasteiger partial charge in [0.05, 0.1) is 25.6 Å². The summed E-state index contributed by atoms with van der Waals surface area (Å²) in [6.45, 7) is 5.99. The highest BCUT2D eigenvalue weighted by Crippen LogP contribution is 2.28.